The normalized spacial score (nSPS) is 14.5. The zero-order valence-corrected chi connectivity index (χ0v) is 17.9. The van der Waals surface area contributed by atoms with Crippen molar-refractivity contribution in [1.82, 2.24) is 4.31 Å². The summed E-state index contributed by atoms with van der Waals surface area (Å²) in [5, 5.41) is 0. The highest BCUT2D eigenvalue weighted by atomic mass is 79.9. The number of rotatable bonds is 8. The first-order valence-corrected chi connectivity index (χ1v) is 11.3. The highest BCUT2D eigenvalue weighted by molar-refractivity contribution is 9.10. The van der Waals surface area contributed by atoms with Gasteiger partial charge in [0.15, 0.2) is 19.0 Å². The van der Waals surface area contributed by atoms with E-state index < -0.39 is 28.4 Å². The Balaban J connectivity index is 1.51. The molecule has 1 aliphatic heterocycles. The van der Waals surface area contributed by atoms with Crippen LogP contribution in [0.2, 0.25) is 0 Å². The molecule has 1 aliphatic rings. The fourth-order valence-corrected chi connectivity index (χ4v) is 4.76. The van der Waals surface area contributed by atoms with Crippen molar-refractivity contribution in [2.45, 2.75) is 17.7 Å². The molecule has 0 bridgehead atoms. The molecule has 0 saturated carbocycles. The van der Waals surface area contributed by atoms with Crippen LogP contribution in [0.15, 0.2) is 57.9 Å². The van der Waals surface area contributed by atoms with Crippen LogP contribution in [0.4, 0.5) is 0 Å². The number of Topliss-reactive ketones (excluding diaryl/α,β-unsaturated/α-hetero) is 1. The van der Waals surface area contributed by atoms with Crippen molar-refractivity contribution in [3.8, 4) is 5.75 Å². The molecule has 0 N–H and O–H groups in total. The van der Waals surface area contributed by atoms with E-state index in [-0.39, 0.29) is 17.1 Å². The second kappa shape index (κ2) is 9.51. The number of hydrogen-bond acceptors (Lipinski definition) is 6. The van der Waals surface area contributed by atoms with Crippen molar-refractivity contribution in [2.24, 2.45) is 0 Å². The van der Waals surface area contributed by atoms with Gasteiger partial charge < -0.3 is 9.47 Å². The molecule has 154 valence electrons. The van der Waals surface area contributed by atoms with Gasteiger partial charge in [-0.3, -0.25) is 4.79 Å². The number of esters is 1. The van der Waals surface area contributed by atoms with Crippen molar-refractivity contribution in [2.75, 3.05) is 26.3 Å². The summed E-state index contributed by atoms with van der Waals surface area (Å²) < 4.78 is 37.5. The quantitative estimate of drug-likeness (QED) is 0.425. The van der Waals surface area contributed by atoms with Crippen LogP contribution in [-0.2, 0) is 19.6 Å². The minimum Gasteiger partial charge on any atom is -0.482 e. The Morgan fingerprint density at radius 2 is 1.69 bits per heavy atom. The fraction of sp³-hybridized carbons (Fsp3) is 0.300. The van der Waals surface area contributed by atoms with Gasteiger partial charge in [0.05, 0.1) is 4.90 Å². The number of ether oxygens (including phenoxy) is 2. The summed E-state index contributed by atoms with van der Waals surface area (Å²) in [6.45, 7) is 0.262. The van der Waals surface area contributed by atoms with Gasteiger partial charge in [-0.05, 0) is 55.3 Å². The molecule has 0 aromatic heterocycles. The molecule has 0 spiro atoms. The monoisotopic (exact) mass is 481 g/mol. The summed E-state index contributed by atoms with van der Waals surface area (Å²) in [5.41, 5.74) is 0.270. The Labute approximate surface area is 177 Å². The molecule has 29 heavy (non-hydrogen) atoms. The topological polar surface area (TPSA) is 90.0 Å². The maximum Gasteiger partial charge on any atom is 0.344 e. The summed E-state index contributed by atoms with van der Waals surface area (Å²) in [4.78, 5) is 24.1. The van der Waals surface area contributed by atoms with E-state index in [1.165, 1.54) is 28.6 Å². The van der Waals surface area contributed by atoms with E-state index in [9.17, 15) is 18.0 Å². The van der Waals surface area contributed by atoms with Crippen LogP contribution in [0, 0.1) is 0 Å². The molecular formula is C20H20BrNO6S. The second-order valence-corrected chi connectivity index (χ2v) is 9.32. The standard InChI is InChI=1S/C20H20BrNO6S/c21-16-4-3-5-17(12-16)27-14-20(24)28-13-19(23)15-6-8-18(9-7-15)29(25,26)22-10-1-2-11-22/h3-9,12H,1-2,10-11,13-14H2. The highest BCUT2D eigenvalue weighted by Crippen LogP contribution is 2.21. The van der Waals surface area contributed by atoms with E-state index in [1.54, 1.807) is 18.2 Å². The number of halogens is 1. The van der Waals surface area contributed by atoms with Crippen molar-refractivity contribution in [3.63, 3.8) is 0 Å². The lowest BCUT2D eigenvalue weighted by Gasteiger charge is -2.15. The number of hydrogen-bond donors (Lipinski definition) is 0. The maximum atomic E-state index is 12.5. The molecule has 0 amide bonds. The van der Waals surface area contributed by atoms with E-state index in [1.807, 2.05) is 6.07 Å². The second-order valence-electron chi connectivity index (χ2n) is 6.47. The van der Waals surface area contributed by atoms with Crippen LogP contribution < -0.4 is 4.74 Å². The first kappa shape index (κ1) is 21.5. The number of nitrogens with zero attached hydrogens (tertiary/aromatic N) is 1. The zero-order valence-electron chi connectivity index (χ0n) is 15.5. The minimum absolute atomic E-state index is 0.148. The summed E-state index contributed by atoms with van der Waals surface area (Å²) in [6.07, 6.45) is 1.71. The van der Waals surface area contributed by atoms with E-state index >= 15 is 0 Å². The van der Waals surface area contributed by atoms with Crippen molar-refractivity contribution >= 4 is 37.7 Å². The molecule has 0 radical (unpaired) electrons. The Hall–Kier alpha value is -2.23. The molecule has 0 unspecified atom stereocenters. The molecule has 2 aromatic rings. The number of ketones is 1. The number of carbonyl (C=O) groups is 2. The average molecular weight is 482 g/mol. The van der Waals surface area contributed by atoms with Gasteiger partial charge in [-0.25, -0.2) is 13.2 Å². The van der Waals surface area contributed by atoms with E-state index in [4.69, 9.17) is 9.47 Å². The van der Waals surface area contributed by atoms with Gasteiger partial charge in [0, 0.05) is 23.1 Å². The minimum atomic E-state index is -3.53. The number of sulfonamides is 1. The van der Waals surface area contributed by atoms with Crippen molar-refractivity contribution in [1.29, 1.82) is 0 Å². The van der Waals surface area contributed by atoms with E-state index in [2.05, 4.69) is 15.9 Å². The van der Waals surface area contributed by atoms with Crippen molar-refractivity contribution < 1.29 is 27.5 Å². The third-order valence-electron chi connectivity index (χ3n) is 4.40. The lowest BCUT2D eigenvalue weighted by molar-refractivity contribution is -0.144. The van der Waals surface area contributed by atoms with Gasteiger partial charge in [0.2, 0.25) is 10.0 Å². The fourth-order valence-electron chi connectivity index (χ4n) is 2.86. The van der Waals surface area contributed by atoms with Gasteiger partial charge in [0.25, 0.3) is 0 Å². The van der Waals surface area contributed by atoms with Crippen molar-refractivity contribution in [3.05, 3.63) is 58.6 Å². The molecule has 9 heteroatoms. The molecule has 1 heterocycles. The SMILES string of the molecule is O=C(COc1cccc(Br)c1)OCC(=O)c1ccc(S(=O)(=O)N2CCCC2)cc1. The smallest absolute Gasteiger partial charge is 0.344 e. The largest absolute Gasteiger partial charge is 0.482 e. The van der Waals surface area contributed by atoms with Gasteiger partial charge in [-0.2, -0.15) is 4.31 Å². The summed E-state index contributed by atoms with van der Waals surface area (Å²) in [6, 6.07) is 12.6. The zero-order chi connectivity index (χ0) is 20.9. The Bertz CT molecular complexity index is 984. The molecular weight excluding hydrogens is 462 g/mol. The van der Waals surface area contributed by atoms with Crippen LogP contribution >= 0.6 is 15.9 Å². The third-order valence-corrected chi connectivity index (χ3v) is 6.80. The van der Waals surface area contributed by atoms with Gasteiger partial charge in [0.1, 0.15) is 5.75 Å². The van der Waals surface area contributed by atoms with Crippen LogP contribution in [-0.4, -0.2) is 50.8 Å². The molecule has 0 aliphatic carbocycles. The number of carbonyl (C=O) groups excluding carboxylic acids is 2. The predicted molar refractivity (Wildman–Crippen MR) is 109 cm³/mol. The van der Waals surface area contributed by atoms with E-state index in [0.717, 1.165) is 17.3 Å². The highest BCUT2D eigenvalue weighted by Gasteiger charge is 2.27. The van der Waals surface area contributed by atoms with Gasteiger partial charge in [-0.15, -0.1) is 0 Å². The summed E-state index contributed by atoms with van der Waals surface area (Å²) >= 11 is 3.30. The average Bonchev–Trinajstić information content (AvgIpc) is 3.26. The first-order valence-electron chi connectivity index (χ1n) is 9.04. The molecule has 2 aromatic carbocycles. The Morgan fingerprint density at radius 1 is 1.00 bits per heavy atom. The molecule has 7 nitrogen and oxygen atoms in total. The van der Waals surface area contributed by atoms with Crippen LogP contribution in [0.25, 0.3) is 0 Å². The summed E-state index contributed by atoms with van der Waals surface area (Å²) in [7, 11) is -3.53. The Kier molecular flexibility index (Phi) is 7.05. The molecule has 1 fully saturated rings. The predicted octanol–water partition coefficient (Wildman–Crippen LogP) is 3.04. The Morgan fingerprint density at radius 3 is 2.34 bits per heavy atom. The van der Waals surface area contributed by atoms with Crippen LogP contribution in [0.3, 0.4) is 0 Å². The lowest BCUT2D eigenvalue weighted by Crippen LogP contribution is -2.27. The van der Waals surface area contributed by atoms with Gasteiger partial charge >= 0.3 is 5.97 Å². The molecule has 3 rings (SSSR count). The molecule has 1 saturated heterocycles. The summed E-state index contributed by atoms with van der Waals surface area (Å²) in [5.74, 6) is -0.602. The lowest BCUT2D eigenvalue weighted by atomic mass is 10.1. The van der Waals surface area contributed by atoms with Crippen LogP contribution in [0.5, 0.6) is 5.75 Å². The van der Waals surface area contributed by atoms with Crippen LogP contribution in [0.1, 0.15) is 23.2 Å². The molecule has 0 atom stereocenters. The third kappa shape index (κ3) is 5.65. The van der Waals surface area contributed by atoms with E-state index in [0.29, 0.717) is 18.8 Å². The maximum absolute atomic E-state index is 12.5. The first-order chi connectivity index (χ1) is 13.9. The number of benzene rings is 2. The van der Waals surface area contributed by atoms with Gasteiger partial charge in [-0.1, -0.05) is 22.0 Å².